The van der Waals surface area contributed by atoms with E-state index in [0.717, 1.165) is 47.6 Å². The predicted molar refractivity (Wildman–Crippen MR) is 156 cm³/mol. The highest BCUT2D eigenvalue weighted by Gasteiger charge is 2.35. The van der Waals surface area contributed by atoms with E-state index in [1.807, 2.05) is 109 Å². The van der Waals surface area contributed by atoms with Gasteiger partial charge >= 0.3 is 5.97 Å². The SMILES string of the molecule is COC(=O)C(c1ccccc1)N1CCC(N(C)c2ccc(NC(=O)c3ccccc3-c3ccccc3)cc2)C1. The molecule has 4 aromatic rings. The van der Waals surface area contributed by atoms with E-state index < -0.39 is 6.04 Å². The number of carbonyl (C=O) groups excluding carboxylic acids is 2. The van der Waals surface area contributed by atoms with Gasteiger partial charge in [-0.25, -0.2) is 4.79 Å². The summed E-state index contributed by atoms with van der Waals surface area (Å²) in [7, 11) is 3.52. The van der Waals surface area contributed by atoms with Crippen LogP contribution in [0.3, 0.4) is 0 Å². The van der Waals surface area contributed by atoms with Crippen molar-refractivity contribution >= 4 is 23.3 Å². The van der Waals surface area contributed by atoms with E-state index >= 15 is 0 Å². The molecule has 6 nitrogen and oxygen atoms in total. The molecule has 1 aliphatic heterocycles. The predicted octanol–water partition coefficient (Wildman–Crippen LogP) is 6.03. The average molecular weight is 520 g/mol. The Balaban J connectivity index is 1.25. The Morgan fingerprint density at radius 2 is 1.51 bits per heavy atom. The quantitative estimate of drug-likeness (QED) is 0.288. The normalized spacial score (nSPS) is 15.9. The average Bonchev–Trinajstić information content (AvgIpc) is 3.48. The second kappa shape index (κ2) is 12.0. The number of methoxy groups -OCH3 is 1. The highest BCUT2D eigenvalue weighted by Crippen LogP contribution is 2.30. The van der Waals surface area contributed by atoms with E-state index in [2.05, 4.69) is 22.2 Å². The van der Waals surface area contributed by atoms with Gasteiger partial charge in [0.15, 0.2) is 0 Å². The Morgan fingerprint density at radius 3 is 2.21 bits per heavy atom. The molecule has 1 N–H and O–H groups in total. The molecule has 1 amide bonds. The first-order valence-electron chi connectivity index (χ1n) is 13.2. The molecule has 198 valence electrons. The van der Waals surface area contributed by atoms with Gasteiger partial charge in [-0.3, -0.25) is 9.69 Å². The van der Waals surface area contributed by atoms with E-state index in [9.17, 15) is 9.59 Å². The summed E-state index contributed by atoms with van der Waals surface area (Å²) in [5, 5.41) is 3.05. The van der Waals surface area contributed by atoms with Crippen molar-refractivity contribution in [2.75, 3.05) is 37.5 Å². The number of likely N-dealkylation sites (tertiary alicyclic amines) is 1. The minimum atomic E-state index is -0.411. The van der Waals surface area contributed by atoms with Crippen LogP contribution in [0.4, 0.5) is 11.4 Å². The minimum absolute atomic E-state index is 0.142. The first kappa shape index (κ1) is 26.2. The molecule has 0 saturated carbocycles. The number of anilines is 2. The molecule has 1 fully saturated rings. The van der Waals surface area contributed by atoms with E-state index in [-0.39, 0.29) is 17.9 Å². The van der Waals surface area contributed by atoms with Gasteiger partial charge in [-0.2, -0.15) is 0 Å². The van der Waals surface area contributed by atoms with Crippen molar-refractivity contribution in [1.82, 2.24) is 4.90 Å². The second-order valence-electron chi connectivity index (χ2n) is 9.80. The Kier molecular flexibility index (Phi) is 8.04. The van der Waals surface area contributed by atoms with Gasteiger partial charge in [-0.05, 0) is 53.4 Å². The van der Waals surface area contributed by atoms with Gasteiger partial charge < -0.3 is 15.0 Å². The van der Waals surface area contributed by atoms with E-state index in [0.29, 0.717) is 5.56 Å². The zero-order valence-corrected chi connectivity index (χ0v) is 22.3. The van der Waals surface area contributed by atoms with Crippen LogP contribution in [0.5, 0.6) is 0 Å². The maximum Gasteiger partial charge on any atom is 0.327 e. The molecular formula is C33H33N3O3. The van der Waals surface area contributed by atoms with E-state index in [1.54, 1.807) is 0 Å². The number of hydrogen-bond donors (Lipinski definition) is 1. The molecule has 0 aromatic heterocycles. The lowest BCUT2D eigenvalue weighted by Gasteiger charge is -2.29. The molecule has 6 heteroatoms. The number of nitrogens with one attached hydrogen (secondary N) is 1. The molecule has 0 aliphatic carbocycles. The highest BCUT2D eigenvalue weighted by molar-refractivity contribution is 6.08. The van der Waals surface area contributed by atoms with Crippen LogP contribution in [0.25, 0.3) is 11.1 Å². The lowest BCUT2D eigenvalue weighted by atomic mass is 9.99. The number of rotatable bonds is 8. The second-order valence-corrected chi connectivity index (χ2v) is 9.80. The fourth-order valence-electron chi connectivity index (χ4n) is 5.30. The summed E-state index contributed by atoms with van der Waals surface area (Å²) in [5.74, 6) is -0.379. The standard InChI is InChI=1S/C33H33N3O3/c1-35(28-21-22-36(23-28)31(33(38)39-2)25-13-7-4-8-14-25)27-19-17-26(18-20-27)34-32(37)30-16-10-9-15-29(30)24-11-5-3-6-12-24/h3-20,28,31H,21-23H2,1-2H3,(H,34,37). The topological polar surface area (TPSA) is 61.9 Å². The molecule has 5 rings (SSSR count). The zero-order valence-electron chi connectivity index (χ0n) is 22.3. The number of hydrogen-bond acceptors (Lipinski definition) is 5. The third-order valence-electron chi connectivity index (χ3n) is 7.44. The smallest absolute Gasteiger partial charge is 0.327 e. The van der Waals surface area contributed by atoms with Gasteiger partial charge in [0.2, 0.25) is 0 Å². The van der Waals surface area contributed by atoms with Gasteiger partial charge in [0.25, 0.3) is 5.91 Å². The van der Waals surface area contributed by atoms with Crippen molar-refractivity contribution in [2.24, 2.45) is 0 Å². The summed E-state index contributed by atoms with van der Waals surface area (Å²) >= 11 is 0. The van der Waals surface area contributed by atoms with Crippen LogP contribution in [-0.4, -0.2) is 50.1 Å². The molecule has 1 aliphatic rings. The van der Waals surface area contributed by atoms with Gasteiger partial charge in [-0.15, -0.1) is 0 Å². The van der Waals surface area contributed by atoms with Crippen LogP contribution in [0.15, 0.2) is 109 Å². The summed E-state index contributed by atoms with van der Waals surface area (Å²) in [6, 6.07) is 35.1. The van der Waals surface area contributed by atoms with Gasteiger partial charge in [0, 0.05) is 43.1 Å². The maximum atomic E-state index is 13.2. The number of ether oxygens (including phenoxy) is 1. The summed E-state index contributed by atoms with van der Waals surface area (Å²) in [6.07, 6.45) is 0.936. The minimum Gasteiger partial charge on any atom is -0.468 e. The molecule has 0 spiro atoms. The Labute approximate surface area is 229 Å². The van der Waals surface area contributed by atoms with Crippen LogP contribution < -0.4 is 10.2 Å². The Bertz CT molecular complexity index is 1410. The molecule has 2 unspecified atom stereocenters. The van der Waals surface area contributed by atoms with Crippen molar-refractivity contribution in [1.29, 1.82) is 0 Å². The van der Waals surface area contributed by atoms with Crippen LogP contribution >= 0.6 is 0 Å². The van der Waals surface area contributed by atoms with Gasteiger partial charge in [0.1, 0.15) is 6.04 Å². The van der Waals surface area contributed by atoms with Crippen LogP contribution in [0.1, 0.15) is 28.4 Å². The van der Waals surface area contributed by atoms with Crippen molar-refractivity contribution in [3.05, 3.63) is 120 Å². The number of nitrogens with zero attached hydrogens (tertiary/aromatic N) is 2. The third-order valence-corrected chi connectivity index (χ3v) is 7.44. The lowest BCUT2D eigenvalue weighted by Crippen LogP contribution is -2.38. The number of likely N-dealkylation sites (N-methyl/N-ethyl adjacent to an activating group) is 1. The fraction of sp³-hybridized carbons (Fsp3) is 0.212. The highest BCUT2D eigenvalue weighted by atomic mass is 16.5. The number of esters is 1. The number of carbonyl (C=O) groups is 2. The van der Waals surface area contributed by atoms with Crippen molar-refractivity contribution in [2.45, 2.75) is 18.5 Å². The summed E-state index contributed by atoms with van der Waals surface area (Å²) < 4.78 is 5.14. The third kappa shape index (κ3) is 5.86. The van der Waals surface area contributed by atoms with Crippen molar-refractivity contribution in [3.8, 4) is 11.1 Å². The number of benzene rings is 4. The first-order valence-corrected chi connectivity index (χ1v) is 13.2. The summed E-state index contributed by atoms with van der Waals surface area (Å²) in [5.41, 5.74) is 5.28. The number of amides is 1. The van der Waals surface area contributed by atoms with Crippen LogP contribution in [0, 0.1) is 0 Å². The van der Waals surface area contributed by atoms with Gasteiger partial charge in [0.05, 0.1) is 7.11 Å². The summed E-state index contributed by atoms with van der Waals surface area (Å²) in [6.45, 7) is 1.55. The summed E-state index contributed by atoms with van der Waals surface area (Å²) in [4.78, 5) is 30.3. The van der Waals surface area contributed by atoms with E-state index in [1.165, 1.54) is 7.11 Å². The molecule has 39 heavy (non-hydrogen) atoms. The first-order chi connectivity index (χ1) is 19.0. The van der Waals surface area contributed by atoms with Crippen molar-refractivity contribution < 1.29 is 14.3 Å². The fourth-order valence-corrected chi connectivity index (χ4v) is 5.30. The van der Waals surface area contributed by atoms with Crippen LogP contribution in [-0.2, 0) is 9.53 Å². The molecule has 2 atom stereocenters. The molecule has 1 saturated heterocycles. The Hall–Kier alpha value is -4.42. The monoisotopic (exact) mass is 519 g/mol. The molecular weight excluding hydrogens is 486 g/mol. The van der Waals surface area contributed by atoms with Crippen LogP contribution in [0.2, 0.25) is 0 Å². The lowest BCUT2D eigenvalue weighted by molar-refractivity contribution is -0.146. The van der Waals surface area contributed by atoms with Gasteiger partial charge in [-0.1, -0.05) is 78.9 Å². The molecule has 1 heterocycles. The molecule has 0 bridgehead atoms. The van der Waals surface area contributed by atoms with E-state index in [4.69, 9.17) is 4.74 Å². The largest absolute Gasteiger partial charge is 0.468 e. The Morgan fingerprint density at radius 1 is 0.872 bits per heavy atom. The maximum absolute atomic E-state index is 13.2. The molecule has 0 radical (unpaired) electrons. The van der Waals surface area contributed by atoms with Crippen molar-refractivity contribution in [3.63, 3.8) is 0 Å². The molecule has 4 aromatic carbocycles. The zero-order chi connectivity index (χ0) is 27.2.